The van der Waals surface area contributed by atoms with E-state index in [4.69, 9.17) is 4.74 Å². The first-order valence-electron chi connectivity index (χ1n) is 5.36. The summed E-state index contributed by atoms with van der Waals surface area (Å²) < 4.78 is 6.47. The largest absolute Gasteiger partial charge is 0.431 e. The van der Waals surface area contributed by atoms with E-state index in [1.807, 2.05) is 6.92 Å². The zero-order chi connectivity index (χ0) is 13.0. The first-order valence-corrected chi connectivity index (χ1v) is 6.97. The molecule has 1 aromatic carbocycles. The van der Waals surface area contributed by atoms with E-state index in [2.05, 4.69) is 26.2 Å². The molecular formula is C12H11BrN2O2S. The molecule has 4 nitrogen and oxygen atoms in total. The lowest BCUT2D eigenvalue weighted by atomic mass is 10.3. The van der Waals surface area contributed by atoms with Crippen molar-refractivity contribution in [2.24, 2.45) is 0 Å². The summed E-state index contributed by atoms with van der Waals surface area (Å²) >= 11 is 4.74. The molecule has 1 aromatic heterocycles. The fourth-order valence-electron chi connectivity index (χ4n) is 1.24. The lowest BCUT2D eigenvalue weighted by molar-refractivity contribution is -0.115. The molecule has 0 fully saturated rings. The highest BCUT2D eigenvalue weighted by Gasteiger charge is 2.03. The molecule has 0 saturated carbocycles. The van der Waals surface area contributed by atoms with Gasteiger partial charge in [0.05, 0.1) is 9.98 Å². The molecule has 0 unspecified atom stereocenters. The van der Waals surface area contributed by atoms with Crippen molar-refractivity contribution in [2.45, 2.75) is 13.3 Å². The highest BCUT2D eigenvalue weighted by molar-refractivity contribution is 9.11. The van der Waals surface area contributed by atoms with Crippen molar-refractivity contribution in [3.05, 3.63) is 34.2 Å². The number of rotatable bonds is 4. The van der Waals surface area contributed by atoms with Crippen molar-refractivity contribution < 1.29 is 9.53 Å². The van der Waals surface area contributed by atoms with Crippen molar-refractivity contribution in [1.82, 2.24) is 4.98 Å². The first kappa shape index (κ1) is 13.0. The smallest absolute Gasteiger partial charge is 0.279 e. The van der Waals surface area contributed by atoms with Crippen molar-refractivity contribution >= 4 is 38.9 Å². The second-order valence-corrected chi connectivity index (χ2v) is 5.83. The lowest BCUT2D eigenvalue weighted by Gasteiger charge is -2.05. The summed E-state index contributed by atoms with van der Waals surface area (Å²) in [5.41, 5.74) is 0.759. The predicted molar refractivity (Wildman–Crippen MR) is 75.3 cm³/mol. The van der Waals surface area contributed by atoms with Gasteiger partial charge in [-0.25, -0.2) is 4.98 Å². The van der Waals surface area contributed by atoms with Gasteiger partial charge in [-0.15, -0.1) is 0 Å². The molecular weight excluding hydrogens is 316 g/mol. The molecule has 0 saturated heterocycles. The molecule has 18 heavy (non-hydrogen) atoms. The Balaban J connectivity index is 2.01. The fourth-order valence-corrected chi connectivity index (χ4v) is 2.28. The van der Waals surface area contributed by atoms with E-state index >= 15 is 0 Å². The number of nitrogens with zero attached hydrogens (tertiary/aromatic N) is 1. The van der Waals surface area contributed by atoms with Gasteiger partial charge in [0.15, 0.2) is 0 Å². The molecule has 0 spiro atoms. The first-order chi connectivity index (χ1) is 8.67. The van der Waals surface area contributed by atoms with Crippen LogP contribution in [-0.4, -0.2) is 10.9 Å². The van der Waals surface area contributed by atoms with Gasteiger partial charge in [-0.3, -0.25) is 4.79 Å². The highest BCUT2D eigenvalue weighted by Crippen LogP contribution is 2.29. The Bertz CT molecular complexity index is 539. The van der Waals surface area contributed by atoms with E-state index in [9.17, 15) is 4.79 Å². The van der Waals surface area contributed by atoms with Crippen LogP contribution >= 0.6 is 27.3 Å². The summed E-state index contributed by atoms with van der Waals surface area (Å²) in [5, 5.41) is 3.35. The number of aromatic nitrogens is 1. The summed E-state index contributed by atoms with van der Waals surface area (Å²) in [5.74, 6) is 0.680. The molecule has 0 bridgehead atoms. The van der Waals surface area contributed by atoms with E-state index in [1.165, 1.54) is 11.3 Å². The standard InChI is InChI=1S/C12H11BrN2O2S/c1-2-11(16)15-8-3-5-9(6-4-8)17-12-14-7-10(13)18-12/h3-7H,2H2,1H3,(H,15,16). The fraction of sp³-hybridized carbons (Fsp3) is 0.167. The van der Waals surface area contributed by atoms with Gasteiger partial charge >= 0.3 is 0 Å². The average molecular weight is 327 g/mol. The molecule has 2 rings (SSSR count). The SMILES string of the molecule is CCC(=O)Nc1ccc(Oc2ncc(Br)s2)cc1. The molecule has 0 radical (unpaired) electrons. The van der Waals surface area contributed by atoms with Crippen LogP contribution in [0.1, 0.15) is 13.3 Å². The molecule has 1 N–H and O–H groups in total. The van der Waals surface area contributed by atoms with E-state index in [0.29, 0.717) is 17.4 Å². The zero-order valence-corrected chi connectivity index (χ0v) is 12.0. The van der Waals surface area contributed by atoms with Crippen molar-refractivity contribution in [2.75, 3.05) is 5.32 Å². The quantitative estimate of drug-likeness (QED) is 0.922. The van der Waals surface area contributed by atoms with E-state index in [1.54, 1.807) is 30.5 Å². The van der Waals surface area contributed by atoms with E-state index < -0.39 is 0 Å². The number of carbonyl (C=O) groups is 1. The molecule has 2 aromatic rings. The van der Waals surface area contributed by atoms with Gasteiger partial charge in [0, 0.05) is 12.1 Å². The van der Waals surface area contributed by atoms with Gasteiger partial charge < -0.3 is 10.1 Å². The number of amides is 1. The summed E-state index contributed by atoms with van der Waals surface area (Å²) in [6.45, 7) is 1.81. The van der Waals surface area contributed by atoms with Crippen molar-refractivity contribution in [3.8, 4) is 10.9 Å². The Kier molecular flexibility index (Phi) is 4.33. The minimum atomic E-state index is -0.00692. The van der Waals surface area contributed by atoms with E-state index in [-0.39, 0.29) is 5.91 Å². The Labute approximate surface area is 117 Å². The van der Waals surface area contributed by atoms with Gasteiger partial charge in [0.2, 0.25) is 5.91 Å². The normalized spacial score (nSPS) is 10.1. The van der Waals surface area contributed by atoms with E-state index in [0.717, 1.165) is 9.47 Å². The molecule has 1 heterocycles. The Morgan fingerprint density at radius 2 is 2.17 bits per heavy atom. The molecule has 1 amide bonds. The van der Waals surface area contributed by atoms with Gasteiger partial charge in [0.1, 0.15) is 5.75 Å². The molecule has 0 aliphatic rings. The van der Waals surface area contributed by atoms with Gasteiger partial charge in [-0.1, -0.05) is 18.3 Å². The van der Waals surface area contributed by atoms with Crippen LogP contribution in [0.4, 0.5) is 5.69 Å². The van der Waals surface area contributed by atoms with Crippen LogP contribution in [0, 0.1) is 0 Å². The average Bonchev–Trinajstić information content (AvgIpc) is 2.77. The summed E-state index contributed by atoms with van der Waals surface area (Å²) in [7, 11) is 0. The summed E-state index contributed by atoms with van der Waals surface area (Å²) in [4.78, 5) is 15.3. The second-order valence-electron chi connectivity index (χ2n) is 3.46. The number of thiazole rings is 1. The van der Waals surface area contributed by atoms with Crippen LogP contribution in [0.3, 0.4) is 0 Å². The number of anilines is 1. The van der Waals surface area contributed by atoms with Crippen LogP contribution in [0.2, 0.25) is 0 Å². The Morgan fingerprint density at radius 1 is 1.44 bits per heavy atom. The number of benzene rings is 1. The third-order valence-corrected chi connectivity index (χ3v) is 3.47. The summed E-state index contributed by atoms with van der Waals surface area (Å²) in [6, 6.07) is 7.18. The van der Waals surface area contributed by atoms with Crippen molar-refractivity contribution in [3.63, 3.8) is 0 Å². The maximum Gasteiger partial charge on any atom is 0.279 e. The van der Waals surface area contributed by atoms with Crippen LogP contribution in [0.15, 0.2) is 34.2 Å². The highest BCUT2D eigenvalue weighted by atomic mass is 79.9. The molecule has 0 aliphatic heterocycles. The monoisotopic (exact) mass is 326 g/mol. The number of ether oxygens (including phenoxy) is 1. The minimum Gasteiger partial charge on any atom is -0.431 e. The number of nitrogens with one attached hydrogen (secondary N) is 1. The molecule has 6 heteroatoms. The zero-order valence-electron chi connectivity index (χ0n) is 9.64. The molecule has 94 valence electrons. The molecule has 0 aliphatic carbocycles. The topological polar surface area (TPSA) is 51.2 Å². The Morgan fingerprint density at radius 3 is 2.72 bits per heavy atom. The second kappa shape index (κ2) is 5.97. The van der Waals surface area contributed by atoms with Crippen molar-refractivity contribution in [1.29, 1.82) is 0 Å². The van der Waals surface area contributed by atoms with Gasteiger partial charge in [-0.2, -0.15) is 0 Å². The van der Waals surface area contributed by atoms with Crippen LogP contribution < -0.4 is 10.1 Å². The maximum atomic E-state index is 11.2. The lowest BCUT2D eigenvalue weighted by Crippen LogP contribution is -2.08. The third-order valence-electron chi connectivity index (χ3n) is 2.12. The number of hydrogen-bond acceptors (Lipinski definition) is 4. The Hall–Kier alpha value is -1.40. The number of carbonyl (C=O) groups excluding carboxylic acids is 1. The predicted octanol–water partition coefficient (Wildman–Crippen LogP) is 4.05. The molecule has 0 atom stereocenters. The summed E-state index contributed by atoms with van der Waals surface area (Å²) in [6.07, 6.45) is 2.15. The third kappa shape index (κ3) is 3.54. The van der Waals surface area contributed by atoms with Gasteiger partial charge in [0.25, 0.3) is 5.19 Å². The number of hydrogen-bond donors (Lipinski definition) is 1. The van der Waals surface area contributed by atoms with Crippen LogP contribution in [0.25, 0.3) is 0 Å². The maximum absolute atomic E-state index is 11.2. The van der Waals surface area contributed by atoms with Gasteiger partial charge in [-0.05, 0) is 40.2 Å². The minimum absolute atomic E-state index is 0.00692. The number of halogens is 1. The van der Waals surface area contributed by atoms with Crippen LogP contribution in [0.5, 0.6) is 10.9 Å². The van der Waals surface area contributed by atoms with Crippen LogP contribution in [-0.2, 0) is 4.79 Å².